The molecule has 4 aliphatic rings. The molecule has 22 heavy (non-hydrogen) atoms. The highest BCUT2D eigenvalue weighted by Crippen LogP contribution is 2.63. The fourth-order valence-electron chi connectivity index (χ4n) is 6.35. The van der Waals surface area contributed by atoms with Gasteiger partial charge in [0.15, 0.2) is 0 Å². The molecule has 3 fully saturated rings. The number of carbonyl (C=O) groups excluding carboxylic acids is 2. The van der Waals surface area contributed by atoms with E-state index >= 15 is 0 Å². The van der Waals surface area contributed by atoms with Crippen LogP contribution in [0.3, 0.4) is 0 Å². The average molecular weight is 301 g/mol. The smallest absolute Gasteiger partial charge is 0.226 e. The van der Waals surface area contributed by atoms with Crippen LogP contribution < -0.4 is 0 Å². The standard InChI is InChI=1S/C19H27NO2/c1-18-11-9-17(22)20(3)15(18)6-4-12-13-5-7-16(21)19(13,2)10-8-14(12)18/h6,12-14H,4-5,7-11H2,1-3H3. The highest BCUT2D eigenvalue weighted by molar-refractivity contribution is 5.87. The molecule has 3 nitrogen and oxygen atoms in total. The summed E-state index contributed by atoms with van der Waals surface area (Å²) in [5.41, 5.74) is 1.34. The molecule has 120 valence electrons. The van der Waals surface area contributed by atoms with Crippen molar-refractivity contribution in [3.8, 4) is 0 Å². The molecule has 0 N–H and O–H groups in total. The number of hydrogen-bond donors (Lipinski definition) is 0. The first-order chi connectivity index (χ1) is 10.4. The van der Waals surface area contributed by atoms with Crippen LogP contribution in [0.1, 0.15) is 58.8 Å². The van der Waals surface area contributed by atoms with Gasteiger partial charge in [-0.25, -0.2) is 0 Å². The third-order valence-electron chi connectivity index (χ3n) is 7.73. The van der Waals surface area contributed by atoms with Crippen molar-refractivity contribution in [3.05, 3.63) is 11.8 Å². The van der Waals surface area contributed by atoms with Crippen molar-refractivity contribution in [1.29, 1.82) is 0 Å². The van der Waals surface area contributed by atoms with Gasteiger partial charge in [0.1, 0.15) is 5.78 Å². The van der Waals surface area contributed by atoms with E-state index in [-0.39, 0.29) is 16.7 Å². The van der Waals surface area contributed by atoms with Crippen LogP contribution in [0.25, 0.3) is 0 Å². The number of Topliss-reactive ketones (excluding diaryl/α,β-unsaturated/α-hetero) is 1. The Morgan fingerprint density at radius 1 is 1.05 bits per heavy atom. The zero-order chi connectivity index (χ0) is 15.7. The number of nitrogens with zero attached hydrogens (tertiary/aromatic N) is 1. The molecule has 0 aromatic heterocycles. The maximum absolute atomic E-state index is 12.4. The molecule has 1 amide bonds. The van der Waals surface area contributed by atoms with E-state index in [0.29, 0.717) is 30.0 Å². The predicted molar refractivity (Wildman–Crippen MR) is 84.9 cm³/mol. The van der Waals surface area contributed by atoms with Crippen LogP contribution in [0.2, 0.25) is 0 Å². The Kier molecular flexibility index (Phi) is 2.93. The van der Waals surface area contributed by atoms with E-state index in [4.69, 9.17) is 0 Å². The minimum Gasteiger partial charge on any atom is -0.319 e. The van der Waals surface area contributed by atoms with Gasteiger partial charge >= 0.3 is 0 Å². The van der Waals surface area contributed by atoms with Gasteiger partial charge in [0, 0.05) is 36.4 Å². The Balaban J connectivity index is 1.73. The highest BCUT2D eigenvalue weighted by atomic mass is 16.2. The summed E-state index contributed by atoms with van der Waals surface area (Å²) < 4.78 is 0. The van der Waals surface area contributed by atoms with Gasteiger partial charge in [-0.15, -0.1) is 0 Å². The average Bonchev–Trinajstić information content (AvgIpc) is 2.79. The second-order valence-electron chi connectivity index (χ2n) is 8.49. The molecule has 2 saturated carbocycles. The quantitative estimate of drug-likeness (QED) is 0.686. The molecule has 1 aliphatic heterocycles. The molecule has 0 radical (unpaired) electrons. The second kappa shape index (κ2) is 4.46. The number of ketones is 1. The van der Waals surface area contributed by atoms with Gasteiger partial charge in [-0.2, -0.15) is 0 Å². The minimum absolute atomic E-state index is 0.0563. The van der Waals surface area contributed by atoms with Crippen molar-refractivity contribution in [1.82, 2.24) is 4.90 Å². The van der Waals surface area contributed by atoms with Crippen molar-refractivity contribution in [3.63, 3.8) is 0 Å². The monoisotopic (exact) mass is 301 g/mol. The second-order valence-corrected chi connectivity index (χ2v) is 8.49. The van der Waals surface area contributed by atoms with Crippen LogP contribution in [0.5, 0.6) is 0 Å². The SMILES string of the molecule is CN1C(=O)CCC2(C)C1=CCC1C3CCC(=O)C3(C)CCC12. The molecule has 3 aliphatic carbocycles. The number of hydrogen-bond acceptors (Lipinski definition) is 2. The van der Waals surface area contributed by atoms with Crippen molar-refractivity contribution < 1.29 is 9.59 Å². The number of amides is 1. The Morgan fingerprint density at radius 3 is 2.55 bits per heavy atom. The number of likely N-dealkylation sites (tertiary alicyclic amines) is 1. The van der Waals surface area contributed by atoms with Crippen LogP contribution in [0, 0.1) is 28.6 Å². The van der Waals surface area contributed by atoms with E-state index < -0.39 is 0 Å². The first-order valence-corrected chi connectivity index (χ1v) is 8.88. The molecule has 1 heterocycles. The van der Waals surface area contributed by atoms with Gasteiger partial charge in [0.2, 0.25) is 5.91 Å². The maximum Gasteiger partial charge on any atom is 0.226 e. The first kappa shape index (κ1) is 14.5. The summed E-state index contributed by atoms with van der Waals surface area (Å²) in [5.74, 6) is 2.62. The third kappa shape index (κ3) is 1.63. The van der Waals surface area contributed by atoms with E-state index in [0.717, 1.165) is 38.5 Å². The highest BCUT2D eigenvalue weighted by Gasteiger charge is 2.59. The number of carbonyl (C=O) groups is 2. The number of piperidine rings is 1. The van der Waals surface area contributed by atoms with Gasteiger partial charge in [-0.1, -0.05) is 19.9 Å². The molecule has 0 aromatic rings. The van der Waals surface area contributed by atoms with Crippen LogP contribution in [-0.4, -0.2) is 23.6 Å². The fraction of sp³-hybridized carbons (Fsp3) is 0.789. The van der Waals surface area contributed by atoms with Gasteiger partial charge in [0.25, 0.3) is 0 Å². The van der Waals surface area contributed by atoms with Crippen molar-refractivity contribution in [2.24, 2.45) is 28.6 Å². The molecule has 5 atom stereocenters. The van der Waals surface area contributed by atoms with E-state index in [2.05, 4.69) is 19.9 Å². The maximum atomic E-state index is 12.4. The molecule has 0 aromatic carbocycles. The number of rotatable bonds is 0. The van der Waals surface area contributed by atoms with Crippen LogP contribution >= 0.6 is 0 Å². The van der Waals surface area contributed by atoms with Crippen molar-refractivity contribution >= 4 is 11.7 Å². The third-order valence-corrected chi connectivity index (χ3v) is 7.73. The molecule has 5 unspecified atom stereocenters. The minimum atomic E-state index is -0.0563. The topological polar surface area (TPSA) is 37.4 Å². The lowest BCUT2D eigenvalue weighted by molar-refractivity contribution is -0.137. The molecule has 3 heteroatoms. The summed E-state index contributed by atoms with van der Waals surface area (Å²) in [6.07, 6.45) is 9.13. The molecular formula is C19H27NO2. The first-order valence-electron chi connectivity index (χ1n) is 8.88. The van der Waals surface area contributed by atoms with E-state index in [1.807, 2.05) is 11.9 Å². The largest absolute Gasteiger partial charge is 0.319 e. The molecule has 1 saturated heterocycles. The van der Waals surface area contributed by atoms with Gasteiger partial charge in [0.05, 0.1) is 0 Å². The molecular weight excluding hydrogens is 274 g/mol. The Bertz CT molecular complexity index is 580. The lowest BCUT2D eigenvalue weighted by atomic mass is 9.50. The predicted octanol–water partition coefficient (Wildman–Crippen LogP) is 3.54. The number of allylic oxidation sites excluding steroid dienone is 2. The lowest BCUT2D eigenvalue weighted by Crippen LogP contribution is -2.53. The zero-order valence-electron chi connectivity index (χ0n) is 14.0. The Morgan fingerprint density at radius 2 is 1.77 bits per heavy atom. The molecule has 0 spiro atoms. The van der Waals surface area contributed by atoms with Crippen molar-refractivity contribution in [2.45, 2.75) is 58.8 Å². The molecule has 4 rings (SSSR count). The van der Waals surface area contributed by atoms with Crippen LogP contribution in [0.15, 0.2) is 11.8 Å². The van der Waals surface area contributed by atoms with Crippen molar-refractivity contribution in [2.75, 3.05) is 7.05 Å². The van der Waals surface area contributed by atoms with Crippen LogP contribution in [-0.2, 0) is 9.59 Å². The lowest BCUT2D eigenvalue weighted by Gasteiger charge is -2.57. The summed E-state index contributed by atoms with van der Waals surface area (Å²) in [7, 11) is 1.94. The van der Waals surface area contributed by atoms with Gasteiger partial charge in [-0.05, 0) is 49.9 Å². The van der Waals surface area contributed by atoms with Crippen LogP contribution in [0.4, 0.5) is 0 Å². The summed E-state index contributed by atoms with van der Waals surface area (Å²) in [4.78, 5) is 26.4. The summed E-state index contributed by atoms with van der Waals surface area (Å²) in [5, 5.41) is 0. The zero-order valence-corrected chi connectivity index (χ0v) is 14.0. The normalized spacial score (nSPS) is 47.7. The summed E-state index contributed by atoms with van der Waals surface area (Å²) >= 11 is 0. The Labute approximate surface area is 133 Å². The van der Waals surface area contributed by atoms with E-state index in [1.54, 1.807) is 0 Å². The van der Waals surface area contributed by atoms with Gasteiger partial charge in [-0.3, -0.25) is 9.59 Å². The summed E-state index contributed by atoms with van der Waals surface area (Å²) in [6, 6.07) is 0. The van der Waals surface area contributed by atoms with E-state index in [9.17, 15) is 9.59 Å². The number of fused-ring (bicyclic) bond motifs is 5. The molecule has 0 bridgehead atoms. The summed E-state index contributed by atoms with van der Waals surface area (Å²) in [6.45, 7) is 4.60. The van der Waals surface area contributed by atoms with Gasteiger partial charge < -0.3 is 4.90 Å². The Hall–Kier alpha value is -1.12. The fourth-order valence-corrected chi connectivity index (χ4v) is 6.35. The van der Waals surface area contributed by atoms with E-state index in [1.165, 1.54) is 5.70 Å².